The second-order valence-corrected chi connectivity index (χ2v) is 9.88. The van der Waals surface area contributed by atoms with Crippen LogP contribution in [0.4, 0.5) is 8.78 Å². The summed E-state index contributed by atoms with van der Waals surface area (Å²) in [5, 5.41) is 0. The van der Waals surface area contributed by atoms with Crippen molar-refractivity contribution in [2.24, 2.45) is 11.3 Å². The van der Waals surface area contributed by atoms with E-state index in [1.54, 1.807) is 14.1 Å². The Morgan fingerprint density at radius 3 is 2.44 bits per heavy atom. The molecule has 0 fully saturated rings. The monoisotopic (exact) mass is 446 g/mol. The molecule has 1 atom stereocenters. The Kier molecular flexibility index (Phi) is 6.83. The topological polar surface area (TPSA) is 58.4 Å². The van der Waals surface area contributed by atoms with Crippen LogP contribution < -0.4 is 0 Å². The minimum atomic E-state index is -0.956. The number of hydrogen-bond acceptors (Lipinski definition) is 4. The van der Waals surface area contributed by atoms with Crippen molar-refractivity contribution in [3.8, 4) is 11.4 Å². The molecule has 0 spiro atoms. The van der Waals surface area contributed by atoms with Crippen LogP contribution in [0.25, 0.3) is 11.4 Å². The maximum Gasteiger partial charge on any atom is 0.226 e. The van der Waals surface area contributed by atoms with Gasteiger partial charge in [-0.3, -0.25) is 9.59 Å². The van der Waals surface area contributed by atoms with Crippen LogP contribution in [-0.4, -0.2) is 58.7 Å². The predicted octanol–water partition coefficient (Wildman–Crippen LogP) is 3.99. The Hall–Kier alpha value is -2.61. The lowest BCUT2D eigenvalue weighted by atomic mass is 9.76. The molecule has 1 aliphatic rings. The van der Waals surface area contributed by atoms with Crippen LogP contribution in [0.3, 0.4) is 0 Å². The van der Waals surface area contributed by atoms with E-state index in [9.17, 15) is 18.4 Å². The van der Waals surface area contributed by atoms with E-state index < -0.39 is 23.0 Å². The van der Waals surface area contributed by atoms with Crippen LogP contribution in [0.15, 0.2) is 18.2 Å². The van der Waals surface area contributed by atoms with E-state index >= 15 is 0 Å². The number of fused-ring (bicyclic) bond motifs is 1. The molecule has 0 aliphatic carbocycles. The van der Waals surface area contributed by atoms with E-state index in [1.165, 1.54) is 11.0 Å². The molecule has 1 aromatic heterocycles. The fourth-order valence-corrected chi connectivity index (χ4v) is 4.16. The summed E-state index contributed by atoms with van der Waals surface area (Å²) in [6.45, 7) is 7.81. The van der Waals surface area contributed by atoms with Gasteiger partial charge in [0.1, 0.15) is 11.5 Å². The maximum absolute atomic E-state index is 13.9. The lowest BCUT2D eigenvalue weighted by Crippen LogP contribution is -2.38. The second kappa shape index (κ2) is 9.10. The van der Waals surface area contributed by atoms with Crippen LogP contribution in [-0.2, 0) is 17.9 Å². The minimum Gasteiger partial charge on any atom is -0.349 e. The van der Waals surface area contributed by atoms with Crippen molar-refractivity contribution in [2.75, 3.05) is 27.7 Å². The van der Waals surface area contributed by atoms with Crippen LogP contribution in [0.2, 0.25) is 0 Å². The number of halogens is 2. The SMILES string of the molecule is CN1CCCn2c(-c3ccc(F)c(F)c3)nc(C(=O)C[C@H](C(=O)N(C)C)C(C)(C)C)c2C1. The van der Waals surface area contributed by atoms with Gasteiger partial charge in [0.2, 0.25) is 5.91 Å². The summed E-state index contributed by atoms with van der Waals surface area (Å²) >= 11 is 0. The number of Topliss-reactive ketones (excluding diaryl/α,β-unsaturated/α-hetero) is 1. The lowest BCUT2D eigenvalue weighted by Gasteiger charge is -2.31. The number of aromatic nitrogens is 2. The number of amides is 1. The highest BCUT2D eigenvalue weighted by atomic mass is 19.2. The molecule has 2 aromatic rings. The molecular formula is C24H32F2N4O2. The van der Waals surface area contributed by atoms with Crippen LogP contribution in [0.1, 0.15) is 49.8 Å². The summed E-state index contributed by atoms with van der Waals surface area (Å²) in [4.78, 5) is 34.5. The zero-order chi connectivity index (χ0) is 23.8. The lowest BCUT2D eigenvalue weighted by molar-refractivity contribution is -0.136. The third-order valence-corrected chi connectivity index (χ3v) is 6.03. The van der Waals surface area contributed by atoms with Crippen molar-refractivity contribution in [1.29, 1.82) is 0 Å². The number of nitrogens with zero attached hydrogens (tertiary/aromatic N) is 4. The maximum atomic E-state index is 13.9. The van der Waals surface area contributed by atoms with E-state index in [-0.39, 0.29) is 18.1 Å². The van der Waals surface area contributed by atoms with Crippen molar-refractivity contribution >= 4 is 11.7 Å². The summed E-state index contributed by atoms with van der Waals surface area (Å²) < 4.78 is 29.4. The van der Waals surface area contributed by atoms with Gasteiger partial charge in [-0.1, -0.05) is 20.8 Å². The highest BCUT2D eigenvalue weighted by Crippen LogP contribution is 2.33. The molecule has 32 heavy (non-hydrogen) atoms. The summed E-state index contributed by atoms with van der Waals surface area (Å²) in [7, 11) is 5.34. The van der Waals surface area contributed by atoms with E-state index in [0.717, 1.165) is 30.8 Å². The molecule has 0 saturated heterocycles. The number of benzene rings is 1. The van der Waals surface area contributed by atoms with Crippen molar-refractivity contribution in [1.82, 2.24) is 19.4 Å². The van der Waals surface area contributed by atoms with Crippen molar-refractivity contribution in [3.63, 3.8) is 0 Å². The highest BCUT2D eigenvalue weighted by molar-refractivity contribution is 5.98. The van der Waals surface area contributed by atoms with Crippen LogP contribution in [0, 0.1) is 23.0 Å². The number of imidazole rings is 1. The fraction of sp³-hybridized carbons (Fsp3) is 0.542. The molecule has 2 heterocycles. The third-order valence-electron chi connectivity index (χ3n) is 6.03. The average Bonchev–Trinajstić information content (AvgIpc) is 2.93. The standard InChI is InChI=1S/C24H32F2N4O2/c1-24(2,3)16(23(32)28(4)5)13-20(31)21-19-14-29(6)10-7-11-30(19)22(27-21)15-8-9-17(25)18(26)12-15/h8-9,12,16H,7,10-11,13-14H2,1-6H3/t16-/m1/s1. The zero-order valence-corrected chi connectivity index (χ0v) is 19.7. The van der Waals surface area contributed by atoms with Gasteiger partial charge in [-0.15, -0.1) is 0 Å². The van der Waals surface area contributed by atoms with E-state index in [2.05, 4.69) is 9.88 Å². The summed E-state index contributed by atoms with van der Waals surface area (Å²) in [6.07, 6.45) is 0.874. The van der Waals surface area contributed by atoms with Gasteiger partial charge in [-0.05, 0) is 43.6 Å². The second-order valence-electron chi connectivity index (χ2n) is 9.88. The number of ketones is 1. The van der Waals surface area contributed by atoms with Gasteiger partial charge < -0.3 is 14.4 Å². The molecule has 0 bridgehead atoms. The minimum absolute atomic E-state index is 0.0332. The van der Waals surface area contributed by atoms with Gasteiger partial charge in [0.05, 0.1) is 11.6 Å². The number of hydrogen-bond donors (Lipinski definition) is 0. The number of carbonyl (C=O) groups is 2. The Morgan fingerprint density at radius 1 is 1.16 bits per heavy atom. The first-order valence-electron chi connectivity index (χ1n) is 10.9. The molecule has 1 aromatic carbocycles. The molecule has 174 valence electrons. The Balaban J connectivity index is 2.07. The van der Waals surface area contributed by atoms with Gasteiger partial charge in [0.25, 0.3) is 0 Å². The number of rotatable bonds is 5. The van der Waals surface area contributed by atoms with Crippen molar-refractivity contribution < 1.29 is 18.4 Å². The molecule has 0 saturated carbocycles. The first kappa shape index (κ1) is 24.0. The molecule has 1 amide bonds. The molecule has 0 N–H and O–H groups in total. The van der Waals surface area contributed by atoms with Gasteiger partial charge in [0.15, 0.2) is 17.4 Å². The fourth-order valence-electron chi connectivity index (χ4n) is 4.16. The van der Waals surface area contributed by atoms with Gasteiger partial charge in [-0.25, -0.2) is 13.8 Å². The number of carbonyl (C=O) groups excluding carboxylic acids is 2. The van der Waals surface area contributed by atoms with E-state index in [0.29, 0.717) is 30.2 Å². The summed E-state index contributed by atoms with van der Waals surface area (Å²) in [5.74, 6) is -2.26. The van der Waals surface area contributed by atoms with Crippen LogP contribution >= 0.6 is 0 Å². The smallest absolute Gasteiger partial charge is 0.226 e. The average molecular weight is 447 g/mol. The van der Waals surface area contributed by atoms with E-state index in [4.69, 9.17) is 0 Å². The molecule has 0 radical (unpaired) electrons. The first-order valence-corrected chi connectivity index (χ1v) is 10.9. The highest BCUT2D eigenvalue weighted by Gasteiger charge is 2.36. The third kappa shape index (κ3) is 4.90. The molecule has 8 heteroatoms. The molecule has 3 rings (SSSR count). The van der Waals surface area contributed by atoms with Crippen molar-refractivity contribution in [3.05, 3.63) is 41.2 Å². The zero-order valence-electron chi connectivity index (χ0n) is 19.7. The molecule has 6 nitrogen and oxygen atoms in total. The normalized spacial score (nSPS) is 15.8. The quantitative estimate of drug-likeness (QED) is 0.652. The van der Waals surface area contributed by atoms with Gasteiger partial charge in [-0.2, -0.15) is 0 Å². The Morgan fingerprint density at radius 2 is 1.84 bits per heavy atom. The van der Waals surface area contributed by atoms with Gasteiger partial charge in [0, 0.05) is 39.2 Å². The molecular weight excluding hydrogens is 414 g/mol. The first-order chi connectivity index (χ1) is 14.9. The summed E-state index contributed by atoms with van der Waals surface area (Å²) in [6, 6.07) is 3.66. The largest absolute Gasteiger partial charge is 0.349 e. The molecule has 1 aliphatic heterocycles. The van der Waals surface area contributed by atoms with Crippen LogP contribution in [0.5, 0.6) is 0 Å². The summed E-state index contributed by atoms with van der Waals surface area (Å²) in [5.41, 5.74) is 1.07. The molecule has 0 unspecified atom stereocenters. The van der Waals surface area contributed by atoms with Crippen molar-refractivity contribution in [2.45, 2.75) is 46.7 Å². The Labute approximate surface area is 188 Å². The van der Waals surface area contributed by atoms with E-state index in [1.807, 2.05) is 32.4 Å². The van der Waals surface area contributed by atoms with Gasteiger partial charge >= 0.3 is 0 Å². The predicted molar refractivity (Wildman–Crippen MR) is 119 cm³/mol. The Bertz CT molecular complexity index is 1020.